The zero-order valence-corrected chi connectivity index (χ0v) is 17.2. The number of allylic oxidation sites excluding steroid dienone is 1. The van der Waals surface area contributed by atoms with Crippen molar-refractivity contribution in [1.82, 2.24) is 9.97 Å². The zero-order chi connectivity index (χ0) is 21.1. The van der Waals surface area contributed by atoms with Crippen LogP contribution in [0.15, 0.2) is 64.5 Å². The predicted molar refractivity (Wildman–Crippen MR) is 120 cm³/mol. The number of benzene rings is 1. The van der Waals surface area contributed by atoms with E-state index in [1.54, 1.807) is 18.7 Å². The fourth-order valence-electron chi connectivity index (χ4n) is 3.51. The molecule has 152 valence electrons. The van der Waals surface area contributed by atoms with Crippen molar-refractivity contribution in [3.63, 3.8) is 0 Å². The first-order valence-electron chi connectivity index (χ1n) is 9.38. The molecule has 4 N–H and O–H groups in total. The van der Waals surface area contributed by atoms with Crippen LogP contribution in [0.4, 0.5) is 11.4 Å². The van der Waals surface area contributed by atoms with E-state index in [-0.39, 0.29) is 6.17 Å². The van der Waals surface area contributed by atoms with Gasteiger partial charge in [0.2, 0.25) is 0 Å². The highest BCUT2D eigenvalue weighted by atomic mass is 32.2. The summed E-state index contributed by atoms with van der Waals surface area (Å²) in [7, 11) is -1.04. The van der Waals surface area contributed by atoms with Crippen LogP contribution in [-0.2, 0) is 10.8 Å². The topological polar surface area (TPSA) is 123 Å². The van der Waals surface area contributed by atoms with Gasteiger partial charge < -0.3 is 20.9 Å². The number of aliphatic imine (C=N–C) groups is 1. The molecule has 0 saturated carbocycles. The van der Waals surface area contributed by atoms with Crippen molar-refractivity contribution in [2.45, 2.75) is 17.5 Å². The Labute approximate surface area is 176 Å². The first-order chi connectivity index (χ1) is 14.6. The number of hydrogen-bond acceptors (Lipinski definition) is 7. The number of hydrogen-bond donors (Lipinski definition) is 3. The van der Waals surface area contributed by atoms with Crippen LogP contribution in [0, 0.1) is 11.3 Å². The minimum absolute atomic E-state index is 0.251. The lowest BCUT2D eigenvalue weighted by atomic mass is 10.1. The quantitative estimate of drug-likeness (QED) is 0.417. The summed E-state index contributed by atoms with van der Waals surface area (Å²) in [5.74, 6) is 0. The summed E-state index contributed by atoms with van der Waals surface area (Å²) < 4.78 is 11.8. The molecule has 1 aliphatic rings. The van der Waals surface area contributed by atoms with Crippen molar-refractivity contribution in [2.24, 2.45) is 10.7 Å². The third kappa shape index (κ3) is 3.53. The summed E-state index contributed by atoms with van der Waals surface area (Å²) in [4.78, 5) is 14.8. The molecule has 3 aromatic rings. The van der Waals surface area contributed by atoms with Crippen LogP contribution in [0.3, 0.4) is 0 Å². The van der Waals surface area contributed by atoms with Crippen LogP contribution in [0.25, 0.3) is 11.0 Å². The highest BCUT2D eigenvalue weighted by Gasteiger charge is 2.34. The Morgan fingerprint density at radius 2 is 2.20 bits per heavy atom. The molecule has 0 spiro atoms. The van der Waals surface area contributed by atoms with Crippen molar-refractivity contribution >= 4 is 39.4 Å². The van der Waals surface area contributed by atoms with Crippen molar-refractivity contribution in [1.29, 1.82) is 5.26 Å². The Kier molecular flexibility index (Phi) is 5.50. The summed E-state index contributed by atoms with van der Waals surface area (Å²) in [6, 6.07) is 11.7. The van der Waals surface area contributed by atoms with E-state index in [9.17, 15) is 4.21 Å². The molecule has 0 saturated heterocycles. The number of nitrogens with one attached hydrogen (secondary N) is 2. The van der Waals surface area contributed by atoms with Crippen LogP contribution in [-0.4, -0.2) is 33.2 Å². The number of H-pyrrole nitrogens is 1. The number of nitriles is 1. The molecule has 0 radical (unpaired) electrons. The molecule has 9 heteroatoms. The Morgan fingerprint density at radius 1 is 1.40 bits per heavy atom. The number of nitrogens with two attached hydrogens (primary N) is 1. The van der Waals surface area contributed by atoms with E-state index >= 15 is 0 Å². The number of nitrogens with zero attached hydrogens (tertiary/aromatic N) is 4. The molecule has 0 amide bonds. The number of pyridine rings is 1. The van der Waals surface area contributed by atoms with E-state index in [0.717, 1.165) is 32.9 Å². The second kappa shape index (κ2) is 8.39. The maximum Gasteiger partial charge on any atom is 0.139 e. The molecule has 0 bridgehead atoms. The number of aromatic nitrogens is 2. The van der Waals surface area contributed by atoms with Crippen LogP contribution in [0.1, 0.15) is 18.2 Å². The summed E-state index contributed by atoms with van der Waals surface area (Å²) in [5.41, 5.74) is 10.3. The number of aromatic amines is 1. The van der Waals surface area contributed by atoms with Crippen LogP contribution >= 0.6 is 0 Å². The molecule has 4 rings (SSSR count). The number of anilines is 2. The molecular formula is C21H21N7OS. The van der Waals surface area contributed by atoms with Gasteiger partial charge in [-0.05, 0) is 23.8 Å². The summed E-state index contributed by atoms with van der Waals surface area (Å²) >= 11 is 0. The Bertz CT molecular complexity index is 1190. The summed E-state index contributed by atoms with van der Waals surface area (Å²) in [5, 5.41) is 13.2. The maximum absolute atomic E-state index is 11.8. The van der Waals surface area contributed by atoms with E-state index in [4.69, 9.17) is 11.0 Å². The van der Waals surface area contributed by atoms with E-state index in [0.29, 0.717) is 18.7 Å². The molecule has 8 nitrogen and oxygen atoms in total. The molecule has 1 aromatic carbocycles. The Morgan fingerprint density at radius 3 is 2.90 bits per heavy atom. The maximum atomic E-state index is 11.8. The fourth-order valence-corrected chi connectivity index (χ4v) is 4.03. The first kappa shape index (κ1) is 19.7. The van der Waals surface area contributed by atoms with Gasteiger partial charge in [-0.15, -0.1) is 0 Å². The van der Waals surface area contributed by atoms with E-state index in [2.05, 4.69) is 31.2 Å². The molecule has 0 aliphatic carbocycles. The second-order valence-electron chi connectivity index (χ2n) is 6.74. The lowest BCUT2D eigenvalue weighted by molar-refractivity contribution is 0.686. The van der Waals surface area contributed by atoms with Crippen LogP contribution in [0.5, 0.6) is 0 Å². The van der Waals surface area contributed by atoms with Gasteiger partial charge in [-0.3, -0.25) is 9.20 Å². The molecule has 2 unspecified atom stereocenters. The molecule has 2 aromatic heterocycles. The molecule has 1 aliphatic heterocycles. The smallest absolute Gasteiger partial charge is 0.139 e. The van der Waals surface area contributed by atoms with Gasteiger partial charge in [0.25, 0.3) is 0 Å². The highest BCUT2D eigenvalue weighted by Crippen LogP contribution is 2.46. The average Bonchev–Trinajstić information content (AvgIpc) is 3.38. The van der Waals surface area contributed by atoms with Gasteiger partial charge in [-0.2, -0.15) is 5.26 Å². The first-order valence-corrected chi connectivity index (χ1v) is 10.9. The lowest BCUT2D eigenvalue weighted by Crippen LogP contribution is -2.29. The van der Waals surface area contributed by atoms with Gasteiger partial charge in [-0.25, -0.2) is 4.98 Å². The minimum atomic E-state index is -1.04. The van der Waals surface area contributed by atoms with Gasteiger partial charge in [-0.1, -0.05) is 12.1 Å². The van der Waals surface area contributed by atoms with Crippen LogP contribution in [0.2, 0.25) is 0 Å². The molecule has 30 heavy (non-hydrogen) atoms. The van der Waals surface area contributed by atoms with Crippen molar-refractivity contribution < 1.29 is 4.21 Å². The number of rotatable bonds is 6. The number of fused-ring (bicyclic) bond motifs is 3. The van der Waals surface area contributed by atoms with Crippen molar-refractivity contribution in [2.75, 3.05) is 23.0 Å². The van der Waals surface area contributed by atoms with E-state index in [1.165, 1.54) is 6.20 Å². The molecule has 3 heterocycles. The summed E-state index contributed by atoms with van der Waals surface area (Å²) in [6.07, 6.45) is 8.59. The molecular weight excluding hydrogens is 398 g/mol. The third-order valence-corrected chi connectivity index (χ3v) is 5.84. The Balaban J connectivity index is 1.80. The summed E-state index contributed by atoms with van der Waals surface area (Å²) in [6.45, 7) is 0.402. The van der Waals surface area contributed by atoms with Crippen LogP contribution < -0.4 is 16.0 Å². The van der Waals surface area contributed by atoms with Gasteiger partial charge >= 0.3 is 0 Å². The minimum Gasteiger partial charge on any atom is -0.403 e. The fraction of sp³-hybridized carbons (Fsp3) is 0.190. The largest absolute Gasteiger partial charge is 0.403 e. The van der Waals surface area contributed by atoms with E-state index in [1.807, 2.05) is 36.5 Å². The SMILES string of the molecule is CS(=O)c1ccc(C2Nc3cnc4[nH]ccc4c3N2C(C=NCCC#N)=CN)cc1. The van der Waals surface area contributed by atoms with Gasteiger partial charge in [0.1, 0.15) is 11.8 Å². The van der Waals surface area contributed by atoms with E-state index < -0.39 is 10.8 Å². The monoisotopic (exact) mass is 419 g/mol. The van der Waals surface area contributed by atoms with Gasteiger partial charge in [0, 0.05) is 45.9 Å². The lowest BCUT2D eigenvalue weighted by Gasteiger charge is -2.28. The standard InChI is InChI=1S/C21H21N7OS/c1-30(29)16-5-3-14(4-6-16)21-27-18-13-26-20-17(7-10-25-20)19(18)28(21)15(11-23)12-24-9-2-8-22/h3-7,10-13,21,27H,2,9,23H2,1H3,(H,25,26). The van der Waals surface area contributed by atoms with Gasteiger partial charge in [0.15, 0.2) is 0 Å². The average molecular weight is 420 g/mol. The Hall–Kier alpha value is -3.64. The van der Waals surface area contributed by atoms with Gasteiger partial charge in [0.05, 0.1) is 42.3 Å². The molecule has 2 atom stereocenters. The van der Waals surface area contributed by atoms with Crippen molar-refractivity contribution in [3.05, 3.63) is 60.2 Å². The molecule has 0 fully saturated rings. The third-order valence-electron chi connectivity index (χ3n) is 4.90. The normalized spacial score (nSPS) is 17.1. The highest BCUT2D eigenvalue weighted by molar-refractivity contribution is 7.84. The van der Waals surface area contributed by atoms with Crippen molar-refractivity contribution in [3.8, 4) is 6.07 Å². The zero-order valence-electron chi connectivity index (χ0n) is 16.4. The predicted octanol–water partition coefficient (Wildman–Crippen LogP) is 3.02. The second-order valence-corrected chi connectivity index (χ2v) is 8.12.